The molecular formula is C25H37N3O5S. The molecule has 0 aromatic heterocycles. The highest BCUT2D eigenvalue weighted by Crippen LogP contribution is 2.34. The molecule has 1 heterocycles. The minimum atomic E-state index is -3.58. The molecule has 0 bridgehead atoms. The van der Waals surface area contributed by atoms with E-state index in [9.17, 15) is 13.2 Å². The number of hydrogen-bond donors (Lipinski definition) is 2. The molecule has 2 unspecified atom stereocenters. The molecule has 1 aliphatic carbocycles. The number of piperidine rings is 1. The third-order valence-corrected chi connectivity index (χ3v) is 8.22. The summed E-state index contributed by atoms with van der Waals surface area (Å²) in [5.41, 5.74) is -0.378. The first-order valence-electron chi connectivity index (χ1n) is 12.1. The molecule has 2 N–H and O–H groups in total. The van der Waals surface area contributed by atoms with Crippen molar-refractivity contribution in [2.75, 3.05) is 25.4 Å². The normalized spacial score (nSPS) is 23.0. The van der Waals surface area contributed by atoms with Gasteiger partial charge < -0.3 is 20.1 Å². The highest BCUT2D eigenvalue weighted by molar-refractivity contribution is 7.91. The van der Waals surface area contributed by atoms with Gasteiger partial charge in [0.05, 0.1) is 22.3 Å². The van der Waals surface area contributed by atoms with Crippen molar-refractivity contribution in [3.63, 3.8) is 0 Å². The van der Waals surface area contributed by atoms with E-state index in [1.54, 1.807) is 24.3 Å². The van der Waals surface area contributed by atoms with Crippen molar-refractivity contribution >= 4 is 15.7 Å². The van der Waals surface area contributed by atoms with Crippen LogP contribution in [0.5, 0.6) is 5.75 Å². The Hall–Kier alpha value is -2.15. The molecule has 34 heavy (non-hydrogen) atoms. The van der Waals surface area contributed by atoms with E-state index >= 15 is 0 Å². The average Bonchev–Trinajstić information content (AvgIpc) is 2.77. The number of nitrogens with zero attached hydrogens (tertiary/aromatic N) is 1. The number of hydrogen-bond acceptors (Lipinski definition) is 7. The Morgan fingerprint density at radius 3 is 2.44 bits per heavy atom. The Morgan fingerprint density at radius 2 is 1.82 bits per heavy atom. The molecule has 1 saturated heterocycles. The summed E-state index contributed by atoms with van der Waals surface area (Å²) in [6.45, 7) is 7.49. The summed E-state index contributed by atoms with van der Waals surface area (Å²) >= 11 is 0. The zero-order valence-corrected chi connectivity index (χ0v) is 21.2. The van der Waals surface area contributed by atoms with E-state index < -0.39 is 15.6 Å². The van der Waals surface area contributed by atoms with Crippen LogP contribution in [0.2, 0.25) is 0 Å². The monoisotopic (exact) mass is 491 g/mol. The predicted molar refractivity (Wildman–Crippen MR) is 129 cm³/mol. The molecule has 2 atom stereocenters. The molecule has 2 fully saturated rings. The lowest BCUT2D eigenvalue weighted by molar-refractivity contribution is -0.246. The molecule has 0 radical (unpaired) electrons. The number of nitrogens with one attached hydrogen (secondary N) is 2. The maximum atomic E-state index is 13.2. The molecule has 188 valence electrons. The van der Waals surface area contributed by atoms with Crippen molar-refractivity contribution in [3.05, 3.63) is 24.3 Å². The molecule has 1 aromatic rings. The largest absolute Gasteiger partial charge is 0.462 e. The number of nitriles is 1. The summed E-state index contributed by atoms with van der Waals surface area (Å²) in [5, 5.41) is 14.6. The standard InChI is InChI=1S/C25H37N3O5S/c1-24(2,3)33-25(12-15-27-16-13-25)32-20-8-10-21(11-9-20)34(30,31)18-19-6-4-5-7-22(19)23(29)28-17-14-26/h8-11,19,22,27H,4-7,12-13,15-18H2,1-3H3,(H,28,29). The highest BCUT2D eigenvalue weighted by atomic mass is 32.2. The number of rotatable bonds is 8. The van der Waals surface area contributed by atoms with E-state index in [-0.39, 0.29) is 40.5 Å². The third-order valence-electron chi connectivity index (χ3n) is 6.37. The molecule has 1 saturated carbocycles. The molecular weight excluding hydrogens is 454 g/mol. The second kappa shape index (κ2) is 11.1. The van der Waals surface area contributed by atoms with E-state index in [4.69, 9.17) is 14.7 Å². The predicted octanol–water partition coefficient (Wildman–Crippen LogP) is 3.18. The average molecular weight is 492 g/mol. The van der Waals surface area contributed by atoms with Crippen molar-refractivity contribution in [3.8, 4) is 11.8 Å². The van der Waals surface area contributed by atoms with Gasteiger partial charge in [0.1, 0.15) is 12.3 Å². The first-order chi connectivity index (χ1) is 16.0. The second-order valence-corrected chi connectivity index (χ2v) is 12.3. The molecule has 9 heteroatoms. The smallest absolute Gasteiger partial charge is 0.224 e. The summed E-state index contributed by atoms with van der Waals surface area (Å²) < 4.78 is 38.9. The van der Waals surface area contributed by atoms with Gasteiger partial charge >= 0.3 is 0 Å². The molecule has 3 rings (SSSR count). The highest BCUT2D eigenvalue weighted by Gasteiger charge is 2.39. The van der Waals surface area contributed by atoms with Gasteiger partial charge in [0, 0.05) is 31.8 Å². The number of ether oxygens (including phenoxy) is 2. The van der Waals surface area contributed by atoms with Crippen molar-refractivity contribution in [1.82, 2.24) is 10.6 Å². The number of carbonyl (C=O) groups is 1. The van der Waals surface area contributed by atoms with E-state index in [0.717, 1.165) is 25.9 Å². The number of carbonyl (C=O) groups excluding carboxylic acids is 1. The summed E-state index contributed by atoms with van der Waals surface area (Å²) in [6, 6.07) is 8.41. The van der Waals surface area contributed by atoms with Crippen molar-refractivity contribution in [2.45, 2.75) is 75.6 Å². The SMILES string of the molecule is CC(C)(C)OC1(Oc2ccc(S(=O)(=O)CC3CCCCC3C(=O)NCC#N)cc2)CCNCC1. The van der Waals surface area contributed by atoms with Crippen molar-refractivity contribution in [1.29, 1.82) is 5.26 Å². The zero-order valence-electron chi connectivity index (χ0n) is 20.4. The fourth-order valence-electron chi connectivity index (χ4n) is 4.91. The Bertz CT molecular complexity index is 973. The fourth-order valence-corrected chi connectivity index (χ4v) is 6.61. The van der Waals surface area contributed by atoms with Crippen LogP contribution in [0.3, 0.4) is 0 Å². The Labute approximate surface area is 203 Å². The van der Waals surface area contributed by atoms with Crippen LogP contribution < -0.4 is 15.4 Å². The maximum absolute atomic E-state index is 13.2. The van der Waals surface area contributed by atoms with Crippen LogP contribution in [-0.4, -0.2) is 51.1 Å². The van der Waals surface area contributed by atoms with Gasteiger partial charge in [0.2, 0.25) is 11.7 Å². The van der Waals surface area contributed by atoms with Gasteiger partial charge in [-0.3, -0.25) is 4.79 Å². The van der Waals surface area contributed by atoms with Crippen LogP contribution in [0.15, 0.2) is 29.2 Å². The van der Waals surface area contributed by atoms with Gasteiger partial charge in [0.25, 0.3) is 0 Å². The van der Waals surface area contributed by atoms with Crippen molar-refractivity contribution in [2.24, 2.45) is 11.8 Å². The van der Waals surface area contributed by atoms with Gasteiger partial charge in [0.15, 0.2) is 9.84 Å². The van der Waals surface area contributed by atoms with Gasteiger partial charge in [-0.2, -0.15) is 5.26 Å². The summed E-state index contributed by atoms with van der Waals surface area (Å²) in [4.78, 5) is 12.7. The molecule has 0 spiro atoms. The summed E-state index contributed by atoms with van der Waals surface area (Å²) in [7, 11) is -3.58. The number of benzene rings is 1. The maximum Gasteiger partial charge on any atom is 0.224 e. The second-order valence-electron chi connectivity index (χ2n) is 10.3. The third kappa shape index (κ3) is 7.17. The lowest BCUT2D eigenvalue weighted by atomic mass is 9.80. The molecule has 1 aromatic carbocycles. The molecule has 8 nitrogen and oxygen atoms in total. The van der Waals surface area contributed by atoms with E-state index in [1.165, 1.54) is 0 Å². The van der Waals surface area contributed by atoms with Gasteiger partial charge in [-0.25, -0.2) is 8.42 Å². The summed E-state index contributed by atoms with van der Waals surface area (Å²) in [6.07, 6.45) is 4.52. The van der Waals surface area contributed by atoms with E-state index in [0.29, 0.717) is 31.4 Å². The van der Waals surface area contributed by atoms with Crippen molar-refractivity contribution < 1.29 is 22.7 Å². The Balaban J connectivity index is 1.71. The minimum absolute atomic E-state index is 0.0628. The van der Waals surface area contributed by atoms with Gasteiger partial charge in [-0.15, -0.1) is 0 Å². The summed E-state index contributed by atoms with van der Waals surface area (Å²) in [5.74, 6) is -1.13. The zero-order chi connectivity index (χ0) is 24.8. The van der Waals surface area contributed by atoms with Crippen LogP contribution in [0.1, 0.15) is 59.3 Å². The van der Waals surface area contributed by atoms with Crippen LogP contribution in [-0.2, 0) is 19.4 Å². The molecule has 1 amide bonds. The van der Waals surface area contributed by atoms with Crippen LogP contribution in [0, 0.1) is 23.2 Å². The van der Waals surface area contributed by atoms with Gasteiger partial charge in [-0.05, 0) is 63.8 Å². The van der Waals surface area contributed by atoms with Crippen LogP contribution in [0.25, 0.3) is 0 Å². The molecule has 2 aliphatic rings. The van der Waals surface area contributed by atoms with E-state index in [1.807, 2.05) is 26.8 Å². The first-order valence-corrected chi connectivity index (χ1v) is 13.8. The lowest BCUT2D eigenvalue weighted by Crippen LogP contribution is -2.51. The lowest BCUT2D eigenvalue weighted by Gasteiger charge is -2.42. The van der Waals surface area contributed by atoms with E-state index in [2.05, 4.69) is 10.6 Å². The van der Waals surface area contributed by atoms with Gasteiger partial charge in [-0.1, -0.05) is 12.8 Å². The topological polar surface area (TPSA) is 118 Å². The number of amides is 1. The minimum Gasteiger partial charge on any atom is -0.462 e. The quantitative estimate of drug-likeness (QED) is 0.424. The fraction of sp³-hybridized carbons (Fsp3) is 0.680. The Morgan fingerprint density at radius 1 is 1.18 bits per heavy atom. The Kier molecular flexibility index (Phi) is 8.61. The first kappa shape index (κ1) is 26.5. The van der Waals surface area contributed by atoms with Crippen LogP contribution >= 0.6 is 0 Å². The molecule has 1 aliphatic heterocycles. The number of sulfone groups is 1. The van der Waals surface area contributed by atoms with Crippen LogP contribution in [0.4, 0.5) is 0 Å².